The molecule has 0 radical (unpaired) electrons. The number of benzene rings is 1. The van der Waals surface area contributed by atoms with Crippen LogP contribution in [-0.2, 0) is 9.53 Å². The fraction of sp³-hybridized carbons (Fsp3) is 0.500. The molecule has 0 aromatic heterocycles. The van der Waals surface area contributed by atoms with Gasteiger partial charge in [-0.1, -0.05) is 12.1 Å². The average Bonchev–Trinajstić information content (AvgIpc) is 2.35. The summed E-state index contributed by atoms with van der Waals surface area (Å²) in [5.41, 5.74) is -0.558. The second-order valence-corrected chi connectivity index (χ2v) is 8.99. The Morgan fingerprint density at radius 2 is 1.96 bits per heavy atom. The molecule has 1 aliphatic heterocycles. The summed E-state index contributed by atoms with van der Waals surface area (Å²) in [5, 5.41) is 9.21. The molecule has 1 aromatic carbocycles. The van der Waals surface area contributed by atoms with E-state index in [2.05, 4.69) is 15.9 Å². The van der Waals surface area contributed by atoms with Crippen molar-refractivity contribution in [2.75, 3.05) is 13.1 Å². The van der Waals surface area contributed by atoms with Crippen molar-refractivity contribution < 1.29 is 19.4 Å². The van der Waals surface area contributed by atoms with Crippen LogP contribution in [0.15, 0.2) is 33.6 Å². The van der Waals surface area contributed by atoms with Crippen LogP contribution in [0.4, 0.5) is 4.79 Å². The highest BCUT2D eigenvalue weighted by Crippen LogP contribution is 2.45. The molecule has 0 spiro atoms. The third-order valence-electron chi connectivity index (χ3n) is 3.25. The molecule has 1 heterocycles. The monoisotopic (exact) mass is 401 g/mol. The molecule has 0 atom stereocenters. The zero-order valence-electron chi connectivity index (χ0n) is 13.3. The lowest BCUT2D eigenvalue weighted by molar-refractivity contribution is -0.138. The molecule has 0 aliphatic carbocycles. The maximum absolute atomic E-state index is 12.1. The van der Waals surface area contributed by atoms with Crippen molar-refractivity contribution in [1.82, 2.24) is 4.90 Å². The molecular formula is C16H20BrNO4S. The lowest BCUT2D eigenvalue weighted by Crippen LogP contribution is -2.62. The molecule has 7 heteroatoms. The fourth-order valence-corrected chi connectivity index (χ4v) is 4.30. The van der Waals surface area contributed by atoms with Crippen LogP contribution >= 0.6 is 27.7 Å². The Morgan fingerprint density at radius 3 is 2.48 bits per heavy atom. The normalized spacial score (nSPS) is 16.6. The van der Waals surface area contributed by atoms with E-state index >= 15 is 0 Å². The Kier molecular flexibility index (Phi) is 5.30. The number of amides is 1. The number of carbonyl (C=O) groups excluding carboxylic acids is 1. The van der Waals surface area contributed by atoms with Crippen LogP contribution in [0.3, 0.4) is 0 Å². The maximum Gasteiger partial charge on any atom is 0.410 e. The molecule has 0 saturated carbocycles. The van der Waals surface area contributed by atoms with Gasteiger partial charge >= 0.3 is 12.1 Å². The highest BCUT2D eigenvalue weighted by molar-refractivity contribution is 9.10. The van der Waals surface area contributed by atoms with E-state index in [0.717, 1.165) is 9.37 Å². The Bertz CT molecular complexity index is 608. The number of likely N-dealkylation sites (tertiary alicyclic amines) is 1. The second-order valence-electron chi connectivity index (χ2n) is 6.62. The van der Waals surface area contributed by atoms with E-state index in [1.165, 1.54) is 11.8 Å². The van der Waals surface area contributed by atoms with Gasteiger partial charge in [0, 0.05) is 22.5 Å². The summed E-state index contributed by atoms with van der Waals surface area (Å²) in [6.07, 6.45) is -0.399. The molecule has 1 aliphatic rings. The number of carboxylic acids is 1. The first-order chi connectivity index (χ1) is 10.6. The number of aliphatic carboxylic acids is 1. The Balaban J connectivity index is 2.08. The lowest BCUT2D eigenvalue weighted by Gasteiger charge is -2.48. The molecule has 0 unspecified atom stereocenters. The molecule has 1 amide bonds. The minimum atomic E-state index is -0.867. The zero-order chi connectivity index (χ0) is 17.3. The molecule has 126 valence electrons. The minimum absolute atomic E-state index is 0.00169. The topological polar surface area (TPSA) is 66.8 Å². The predicted octanol–water partition coefficient (Wildman–Crippen LogP) is 4.01. The smallest absolute Gasteiger partial charge is 0.410 e. The summed E-state index contributed by atoms with van der Waals surface area (Å²) in [7, 11) is 0. The predicted molar refractivity (Wildman–Crippen MR) is 92.8 cm³/mol. The summed E-state index contributed by atoms with van der Waals surface area (Å²) < 4.78 is 5.74. The van der Waals surface area contributed by atoms with Crippen LogP contribution < -0.4 is 0 Å². The van der Waals surface area contributed by atoms with Crippen molar-refractivity contribution in [2.45, 2.75) is 42.4 Å². The highest BCUT2D eigenvalue weighted by atomic mass is 79.9. The van der Waals surface area contributed by atoms with E-state index in [9.17, 15) is 14.7 Å². The molecule has 23 heavy (non-hydrogen) atoms. The lowest BCUT2D eigenvalue weighted by atomic mass is 9.95. The Morgan fingerprint density at radius 1 is 1.35 bits per heavy atom. The third-order valence-corrected chi connectivity index (χ3v) is 5.61. The maximum atomic E-state index is 12.1. The van der Waals surface area contributed by atoms with Gasteiger partial charge in [-0.3, -0.25) is 4.79 Å². The number of hydrogen-bond donors (Lipinski definition) is 1. The van der Waals surface area contributed by atoms with Crippen LogP contribution in [0.1, 0.15) is 27.2 Å². The number of hydrogen-bond acceptors (Lipinski definition) is 4. The highest BCUT2D eigenvalue weighted by Gasteiger charge is 2.49. The first-order valence-corrected chi connectivity index (χ1v) is 8.84. The van der Waals surface area contributed by atoms with Crippen molar-refractivity contribution in [2.24, 2.45) is 0 Å². The summed E-state index contributed by atoms with van der Waals surface area (Å²) in [6, 6.07) is 7.67. The van der Waals surface area contributed by atoms with Crippen LogP contribution in [-0.4, -0.2) is 45.5 Å². The number of nitrogens with zero attached hydrogens (tertiary/aromatic N) is 1. The second kappa shape index (κ2) is 6.73. The summed E-state index contributed by atoms with van der Waals surface area (Å²) in [4.78, 5) is 25.8. The van der Waals surface area contributed by atoms with Crippen molar-refractivity contribution >= 4 is 39.8 Å². The first-order valence-electron chi connectivity index (χ1n) is 7.23. The molecule has 5 nitrogen and oxygen atoms in total. The van der Waals surface area contributed by atoms with Crippen molar-refractivity contribution in [3.05, 3.63) is 28.7 Å². The van der Waals surface area contributed by atoms with E-state index in [-0.39, 0.29) is 6.42 Å². The van der Waals surface area contributed by atoms with Gasteiger partial charge in [0.25, 0.3) is 0 Å². The van der Waals surface area contributed by atoms with Crippen LogP contribution in [0, 0.1) is 0 Å². The van der Waals surface area contributed by atoms with E-state index < -0.39 is 22.4 Å². The van der Waals surface area contributed by atoms with E-state index in [1.54, 1.807) is 4.90 Å². The zero-order valence-corrected chi connectivity index (χ0v) is 15.7. The summed E-state index contributed by atoms with van der Waals surface area (Å²) >= 11 is 4.97. The summed E-state index contributed by atoms with van der Waals surface area (Å²) in [6.45, 7) is 6.15. The molecule has 1 N–H and O–H groups in total. The van der Waals surface area contributed by atoms with Gasteiger partial charge in [0.1, 0.15) is 5.60 Å². The molecule has 1 fully saturated rings. The van der Waals surface area contributed by atoms with Gasteiger partial charge in [-0.25, -0.2) is 4.79 Å². The molecular weight excluding hydrogens is 382 g/mol. The van der Waals surface area contributed by atoms with E-state index in [1.807, 2.05) is 45.0 Å². The van der Waals surface area contributed by atoms with Crippen molar-refractivity contribution in [1.29, 1.82) is 0 Å². The van der Waals surface area contributed by atoms with Crippen molar-refractivity contribution in [3.8, 4) is 0 Å². The SMILES string of the molecule is CC(C)(C)OC(=O)N1CC(CC(=O)O)(Sc2ccccc2Br)C1. The van der Waals surface area contributed by atoms with Crippen LogP contribution in [0.25, 0.3) is 0 Å². The van der Waals surface area contributed by atoms with Crippen LogP contribution in [0.5, 0.6) is 0 Å². The number of ether oxygens (including phenoxy) is 1. The van der Waals surface area contributed by atoms with Gasteiger partial charge in [0.2, 0.25) is 0 Å². The Hall–Kier alpha value is -1.21. The van der Waals surface area contributed by atoms with Gasteiger partial charge in [-0.15, -0.1) is 11.8 Å². The number of thioether (sulfide) groups is 1. The number of halogens is 1. The largest absolute Gasteiger partial charge is 0.481 e. The Labute approximate surface area is 148 Å². The minimum Gasteiger partial charge on any atom is -0.481 e. The fourth-order valence-electron chi connectivity index (χ4n) is 2.35. The van der Waals surface area contributed by atoms with Crippen LogP contribution in [0.2, 0.25) is 0 Å². The standard InChI is InChI=1S/C16H20BrNO4S/c1-15(2,3)22-14(21)18-9-16(10-18,8-13(19)20)23-12-7-5-4-6-11(12)17/h4-7H,8-10H2,1-3H3,(H,19,20). The number of rotatable bonds is 4. The summed E-state index contributed by atoms with van der Waals surface area (Å²) in [5.74, 6) is -0.867. The average molecular weight is 402 g/mol. The third kappa shape index (κ3) is 4.88. The van der Waals surface area contributed by atoms with Gasteiger partial charge in [-0.05, 0) is 48.8 Å². The molecule has 0 bridgehead atoms. The van der Waals surface area contributed by atoms with E-state index in [0.29, 0.717) is 13.1 Å². The quantitative estimate of drug-likeness (QED) is 0.825. The van der Waals surface area contributed by atoms with Gasteiger partial charge < -0.3 is 14.7 Å². The van der Waals surface area contributed by atoms with Gasteiger partial charge in [-0.2, -0.15) is 0 Å². The van der Waals surface area contributed by atoms with E-state index in [4.69, 9.17) is 4.74 Å². The number of carboxylic acid groups (broad SMARTS) is 1. The van der Waals surface area contributed by atoms with Crippen molar-refractivity contribution in [3.63, 3.8) is 0 Å². The van der Waals surface area contributed by atoms with Gasteiger partial charge in [0.05, 0.1) is 11.2 Å². The van der Waals surface area contributed by atoms with Gasteiger partial charge in [0.15, 0.2) is 0 Å². The molecule has 2 rings (SSSR count). The number of carbonyl (C=O) groups is 2. The molecule has 1 aromatic rings. The first kappa shape index (κ1) is 18.1. The molecule has 1 saturated heterocycles.